The molecule has 0 saturated heterocycles. The van der Waals surface area contributed by atoms with Gasteiger partial charge in [0, 0.05) is 12.7 Å². The third-order valence-electron chi connectivity index (χ3n) is 3.32. The lowest BCUT2D eigenvalue weighted by atomic mass is 10.1. The number of carbonyl (C=O) groups is 1. The Balaban J connectivity index is 1.76. The van der Waals surface area contributed by atoms with Crippen molar-refractivity contribution in [3.05, 3.63) is 53.3 Å². The summed E-state index contributed by atoms with van der Waals surface area (Å²) in [6, 6.07) is 7.64. The fourth-order valence-corrected chi connectivity index (χ4v) is 2.71. The zero-order valence-corrected chi connectivity index (χ0v) is 14.7. The molecule has 8 nitrogen and oxygen atoms in total. The highest BCUT2D eigenvalue weighted by atomic mass is 32.2. The number of rotatable bonds is 8. The van der Waals surface area contributed by atoms with Gasteiger partial charge in [-0.1, -0.05) is 24.3 Å². The highest BCUT2D eigenvalue weighted by molar-refractivity contribution is 7.85. The van der Waals surface area contributed by atoms with Gasteiger partial charge in [0.1, 0.15) is 6.61 Å². The third kappa shape index (κ3) is 7.36. The zero-order valence-electron chi connectivity index (χ0n) is 13.9. The molecule has 0 atom stereocenters. The van der Waals surface area contributed by atoms with E-state index in [0.717, 1.165) is 16.7 Å². The predicted molar refractivity (Wildman–Crippen MR) is 91.7 cm³/mol. The molecule has 1 amide bonds. The van der Waals surface area contributed by atoms with Gasteiger partial charge in [-0.2, -0.15) is 13.5 Å². The van der Waals surface area contributed by atoms with Gasteiger partial charge in [-0.15, -0.1) is 0 Å². The average Bonchev–Trinajstić information content (AvgIpc) is 2.94. The van der Waals surface area contributed by atoms with Crippen LogP contribution in [0.5, 0.6) is 0 Å². The molecule has 0 bridgehead atoms. The fraction of sp³-hybridized carbons (Fsp3) is 0.375. The quantitative estimate of drug-likeness (QED) is 0.543. The maximum atomic E-state index is 11.6. The molecule has 0 fully saturated rings. The Labute approximate surface area is 146 Å². The number of hydrogen-bond acceptors (Lipinski definition) is 5. The van der Waals surface area contributed by atoms with Gasteiger partial charge < -0.3 is 10.1 Å². The summed E-state index contributed by atoms with van der Waals surface area (Å²) in [6.07, 6.45) is 3.22. The van der Waals surface area contributed by atoms with E-state index >= 15 is 0 Å². The van der Waals surface area contributed by atoms with Crippen molar-refractivity contribution in [2.75, 3.05) is 12.3 Å². The molecule has 1 aromatic heterocycles. The number of hydrogen-bond donors (Lipinski definition) is 2. The molecule has 0 aliphatic heterocycles. The number of carbonyl (C=O) groups excluding carboxylic acids is 1. The van der Waals surface area contributed by atoms with Gasteiger partial charge in [0.15, 0.2) is 0 Å². The van der Waals surface area contributed by atoms with E-state index in [0.29, 0.717) is 6.54 Å². The van der Waals surface area contributed by atoms with Gasteiger partial charge in [-0.25, -0.2) is 4.79 Å². The van der Waals surface area contributed by atoms with Gasteiger partial charge in [0.25, 0.3) is 10.1 Å². The summed E-state index contributed by atoms with van der Waals surface area (Å²) >= 11 is 0. The number of ether oxygens (including phenoxy) is 1. The molecule has 0 spiro atoms. The second-order valence-corrected chi connectivity index (χ2v) is 7.25. The lowest BCUT2D eigenvalue weighted by Gasteiger charge is -2.08. The molecule has 1 heterocycles. The van der Waals surface area contributed by atoms with E-state index < -0.39 is 22.0 Å². The Morgan fingerprint density at radius 1 is 1.36 bits per heavy atom. The molecule has 136 valence electrons. The minimum absolute atomic E-state index is 0.107. The van der Waals surface area contributed by atoms with Crippen molar-refractivity contribution >= 4 is 16.2 Å². The van der Waals surface area contributed by atoms with Gasteiger partial charge in [0.2, 0.25) is 0 Å². The van der Waals surface area contributed by atoms with Crippen molar-refractivity contribution in [2.45, 2.75) is 26.5 Å². The largest absolute Gasteiger partial charge is 0.445 e. The molecule has 0 saturated carbocycles. The zero-order chi connectivity index (χ0) is 18.3. The summed E-state index contributed by atoms with van der Waals surface area (Å²) in [5.41, 5.74) is 2.97. The Kier molecular flexibility index (Phi) is 6.54. The van der Waals surface area contributed by atoms with Crippen LogP contribution >= 0.6 is 0 Å². The number of amides is 1. The number of alkyl carbamates (subject to hydrolysis) is 1. The minimum Gasteiger partial charge on any atom is -0.445 e. The minimum atomic E-state index is -4.01. The summed E-state index contributed by atoms with van der Waals surface area (Å²) in [6.45, 7) is 2.82. The SMILES string of the molecule is Cc1cnn(Cc2cccc(COC(=O)NCCCS(=O)(=O)O)c2)c1. The van der Waals surface area contributed by atoms with Gasteiger partial charge in [0.05, 0.1) is 18.5 Å². The van der Waals surface area contributed by atoms with Crippen LogP contribution in [0.3, 0.4) is 0 Å². The Morgan fingerprint density at radius 2 is 2.12 bits per heavy atom. The Morgan fingerprint density at radius 3 is 2.80 bits per heavy atom. The molecule has 2 aromatic rings. The standard InChI is InChI=1S/C16H21N3O5S/c1-13-9-18-19(10-13)11-14-4-2-5-15(8-14)12-24-16(20)17-6-3-7-25(21,22)23/h2,4-5,8-10H,3,6-7,11-12H2,1H3,(H,17,20)(H,21,22,23). The van der Waals surface area contributed by atoms with Crippen LogP contribution in [-0.4, -0.2) is 41.1 Å². The molecule has 25 heavy (non-hydrogen) atoms. The second kappa shape index (κ2) is 8.63. The monoisotopic (exact) mass is 367 g/mol. The van der Waals surface area contributed by atoms with Crippen molar-refractivity contribution in [1.29, 1.82) is 0 Å². The summed E-state index contributed by atoms with van der Waals surface area (Å²) in [5.74, 6) is -0.401. The normalized spacial score (nSPS) is 11.3. The van der Waals surface area contributed by atoms with Gasteiger partial charge in [-0.3, -0.25) is 9.23 Å². The molecule has 0 aliphatic carbocycles. The van der Waals surface area contributed by atoms with Crippen molar-refractivity contribution < 1.29 is 22.5 Å². The van der Waals surface area contributed by atoms with Crippen LogP contribution in [0.25, 0.3) is 0 Å². The van der Waals surface area contributed by atoms with E-state index in [1.54, 1.807) is 6.20 Å². The second-order valence-electron chi connectivity index (χ2n) is 5.68. The maximum Gasteiger partial charge on any atom is 0.407 e. The van der Waals surface area contributed by atoms with Crippen LogP contribution in [0.1, 0.15) is 23.1 Å². The van der Waals surface area contributed by atoms with Gasteiger partial charge in [-0.05, 0) is 30.0 Å². The number of benzene rings is 1. The Bertz CT molecular complexity index is 817. The summed E-state index contributed by atoms with van der Waals surface area (Å²) in [7, 11) is -4.01. The molecule has 1 aromatic carbocycles. The van der Waals surface area contributed by atoms with E-state index in [9.17, 15) is 13.2 Å². The number of aryl methyl sites for hydroxylation is 1. The van der Waals surface area contributed by atoms with Crippen molar-refractivity contribution in [3.8, 4) is 0 Å². The first-order valence-electron chi connectivity index (χ1n) is 7.74. The van der Waals surface area contributed by atoms with Gasteiger partial charge >= 0.3 is 6.09 Å². The Hall–Kier alpha value is -2.39. The van der Waals surface area contributed by atoms with Crippen molar-refractivity contribution in [3.63, 3.8) is 0 Å². The van der Waals surface area contributed by atoms with Crippen LogP contribution < -0.4 is 5.32 Å². The number of nitrogens with zero attached hydrogens (tertiary/aromatic N) is 2. The summed E-state index contributed by atoms with van der Waals surface area (Å²) in [4.78, 5) is 11.6. The molecule has 9 heteroatoms. The first kappa shape index (κ1) is 18.9. The van der Waals surface area contributed by atoms with E-state index in [1.165, 1.54) is 0 Å². The van der Waals surface area contributed by atoms with Crippen LogP contribution in [0.4, 0.5) is 4.79 Å². The van der Waals surface area contributed by atoms with E-state index in [4.69, 9.17) is 9.29 Å². The highest BCUT2D eigenvalue weighted by Gasteiger charge is 2.06. The maximum absolute atomic E-state index is 11.6. The molecule has 0 unspecified atom stereocenters. The third-order valence-corrected chi connectivity index (χ3v) is 4.12. The lowest BCUT2D eigenvalue weighted by Crippen LogP contribution is -2.26. The first-order chi connectivity index (χ1) is 11.8. The number of aromatic nitrogens is 2. The molecule has 2 rings (SSSR count). The topological polar surface area (TPSA) is 111 Å². The van der Waals surface area contributed by atoms with Crippen molar-refractivity contribution in [1.82, 2.24) is 15.1 Å². The fourth-order valence-electron chi connectivity index (χ4n) is 2.20. The first-order valence-corrected chi connectivity index (χ1v) is 9.35. The molecule has 0 radical (unpaired) electrons. The van der Waals surface area contributed by atoms with Crippen LogP contribution in [0, 0.1) is 6.92 Å². The van der Waals surface area contributed by atoms with E-state index in [2.05, 4.69) is 10.4 Å². The predicted octanol–water partition coefficient (Wildman–Crippen LogP) is 1.74. The van der Waals surface area contributed by atoms with Crippen LogP contribution in [0.15, 0.2) is 36.7 Å². The van der Waals surface area contributed by atoms with E-state index in [1.807, 2.05) is 42.1 Å². The number of nitrogens with one attached hydrogen (secondary N) is 1. The molecule has 0 aliphatic rings. The summed E-state index contributed by atoms with van der Waals surface area (Å²) in [5, 5.41) is 6.67. The van der Waals surface area contributed by atoms with Crippen molar-refractivity contribution in [2.24, 2.45) is 0 Å². The molecular weight excluding hydrogens is 346 g/mol. The van der Waals surface area contributed by atoms with Crippen LogP contribution in [0.2, 0.25) is 0 Å². The summed E-state index contributed by atoms with van der Waals surface area (Å²) < 4.78 is 36.6. The smallest absolute Gasteiger partial charge is 0.407 e. The van der Waals surface area contributed by atoms with E-state index in [-0.39, 0.29) is 19.6 Å². The highest BCUT2D eigenvalue weighted by Crippen LogP contribution is 2.09. The molecule has 2 N–H and O–H groups in total. The lowest BCUT2D eigenvalue weighted by molar-refractivity contribution is 0.139. The average molecular weight is 367 g/mol. The molecular formula is C16H21N3O5S. The van der Waals surface area contributed by atoms with Crippen LogP contribution in [-0.2, 0) is 28.0 Å².